The molecule has 0 aliphatic carbocycles. The average molecular weight is 461 g/mol. The Hall–Kier alpha value is -1.86. The van der Waals surface area contributed by atoms with Crippen LogP contribution in [0.3, 0.4) is 0 Å². The lowest BCUT2D eigenvalue weighted by atomic mass is 9.98. The summed E-state index contributed by atoms with van der Waals surface area (Å²) in [5, 5.41) is 32.9. The molecule has 0 heterocycles. The van der Waals surface area contributed by atoms with E-state index in [0.29, 0.717) is 6.42 Å². The van der Waals surface area contributed by atoms with E-state index in [1.165, 1.54) is 6.92 Å². The molecule has 170 valence electrons. The van der Waals surface area contributed by atoms with Gasteiger partial charge in [0.15, 0.2) is 0 Å². The van der Waals surface area contributed by atoms with Crippen molar-refractivity contribution >= 4 is 46.6 Å². The highest BCUT2D eigenvalue weighted by atomic mass is 32.2. The Labute approximate surface area is 174 Å². The van der Waals surface area contributed by atoms with Gasteiger partial charge in [0.2, 0.25) is 0 Å². The van der Waals surface area contributed by atoms with Crippen LogP contribution in [0.2, 0.25) is 0 Å². The first-order valence-electron chi connectivity index (χ1n) is 8.61. The molecule has 0 saturated carbocycles. The summed E-state index contributed by atoms with van der Waals surface area (Å²) in [7, 11) is -4.28. The minimum absolute atomic E-state index is 0.0186. The van der Waals surface area contributed by atoms with Crippen molar-refractivity contribution in [2.45, 2.75) is 62.9 Å². The van der Waals surface area contributed by atoms with Crippen molar-refractivity contribution in [1.29, 1.82) is 0 Å². The Balaban J connectivity index is 0. The minimum atomic E-state index is -4.28. The number of hydrogen-bond acceptors (Lipinski definition) is 7. The fourth-order valence-corrected chi connectivity index (χ4v) is 2.94. The predicted molar refractivity (Wildman–Crippen MR) is 105 cm³/mol. The standard InChI is InChI=1S/C8H14O7S.C8H14O4S/c1-5(16(13,14)15)4-6(8(11)12)2-3-7(9)10;1-5(13)4-6(8(11)12)2-3-7(9)10/h5-6H,2-4H2,1H3,(H,9,10)(H,11,12)(H,13,14,15);5-6,13H,2-4H2,1H3,(H,9,10)(H,11,12). The summed E-state index contributed by atoms with van der Waals surface area (Å²) < 4.78 is 30.0. The summed E-state index contributed by atoms with van der Waals surface area (Å²) in [6.45, 7) is 2.96. The van der Waals surface area contributed by atoms with Crippen LogP contribution in [-0.2, 0) is 29.3 Å². The topological polar surface area (TPSA) is 204 Å². The summed E-state index contributed by atoms with van der Waals surface area (Å²) in [6, 6.07) is 0. The molecule has 0 aromatic carbocycles. The monoisotopic (exact) mass is 460 g/mol. The molecule has 0 aliphatic rings. The van der Waals surface area contributed by atoms with Crippen LogP contribution >= 0.6 is 12.6 Å². The van der Waals surface area contributed by atoms with Crippen molar-refractivity contribution in [2.75, 3.05) is 0 Å². The highest BCUT2D eigenvalue weighted by Crippen LogP contribution is 2.18. The Morgan fingerprint density at radius 1 is 0.793 bits per heavy atom. The molecule has 0 fully saturated rings. The van der Waals surface area contributed by atoms with Crippen LogP contribution in [0.25, 0.3) is 0 Å². The summed E-state index contributed by atoms with van der Waals surface area (Å²) in [6.07, 6.45) is -0.333. The normalized spacial score (nSPS) is 15.2. The molecule has 0 amide bonds. The van der Waals surface area contributed by atoms with Gasteiger partial charge in [-0.3, -0.25) is 23.7 Å². The Morgan fingerprint density at radius 3 is 1.38 bits per heavy atom. The fourth-order valence-electron chi connectivity index (χ4n) is 2.21. The van der Waals surface area contributed by atoms with Crippen LogP contribution in [0.4, 0.5) is 0 Å². The molecule has 0 rings (SSSR count). The highest BCUT2D eigenvalue weighted by Gasteiger charge is 2.27. The van der Waals surface area contributed by atoms with Crippen molar-refractivity contribution in [3.05, 3.63) is 0 Å². The van der Waals surface area contributed by atoms with Crippen LogP contribution in [-0.4, -0.2) is 67.8 Å². The second-order valence-corrected chi connectivity index (χ2v) is 9.30. The number of hydrogen-bond donors (Lipinski definition) is 6. The second-order valence-electron chi connectivity index (χ2n) is 6.58. The SMILES string of the molecule is CC(CC(CCC(=O)O)C(=O)O)S(=O)(=O)O.CC(S)CC(CCC(=O)O)C(=O)O. The zero-order valence-electron chi connectivity index (χ0n) is 16.1. The van der Waals surface area contributed by atoms with Gasteiger partial charge in [-0.15, -0.1) is 0 Å². The van der Waals surface area contributed by atoms with Gasteiger partial charge in [0, 0.05) is 12.8 Å². The zero-order valence-corrected chi connectivity index (χ0v) is 17.8. The number of carboxylic acid groups (broad SMARTS) is 4. The lowest BCUT2D eigenvalue weighted by molar-refractivity contribution is -0.144. The third kappa shape index (κ3) is 16.8. The molecule has 5 N–H and O–H groups in total. The van der Waals surface area contributed by atoms with Gasteiger partial charge in [0.05, 0.1) is 17.1 Å². The first kappa shape index (κ1) is 29.3. The van der Waals surface area contributed by atoms with Crippen LogP contribution in [0.1, 0.15) is 52.4 Å². The van der Waals surface area contributed by atoms with Gasteiger partial charge in [-0.05, 0) is 37.9 Å². The molecule has 0 saturated heterocycles. The van der Waals surface area contributed by atoms with Crippen LogP contribution in [0.5, 0.6) is 0 Å². The van der Waals surface area contributed by atoms with Gasteiger partial charge in [0.1, 0.15) is 0 Å². The Bertz CT molecular complexity index is 658. The number of carbonyl (C=O) groups is 4. The smallest absolute Gasteiger partial charge is 0.306 e. The maximum Gasteiger partial charge on any atom is 0.306 e. The summed E-state index contributed by atoms with van der Waals surface area (Å²) in [4.78, 5) is 41.8. The maximum atomic E-state index is 10.7. The molecule has 0 bridgehead atoms. The largest absolute Gasteiger partial charge is 0.481 e. The van der Waals surface area contributed by atoms with E-state index in [-0.39, 0.29) is 37.4 Å². The second kappa shape index (κ2) is 14.2. The van der Waals surface area contributed by atoms with E-state index < -0.39 is 51.1 Å². The van der Waals surface area contributed by atoms with Gasteiger partial charge in [-0.25, -0.2) is 0 Å². The Morgan fingerprint density at radius 2 is 1.14 bits per heavy atom. The molecule has 0 aromatic heterocycles. The molecule has 29 heavy (non-hydrogen) atoms. The molecule has 4 unspecified atom stereocenters. The maximum absolute atomic E-state index is 10.7. The van der Waals surface area contributed by atoms with E-state index in [9.17, 15) is 27.6 Å². The first-order valence-corrected chi connectivity index (χ1v) is 10.6. The molecule has 11 nitrogen and oxygen atoms in total. The lowest BCUT2D eigenvalue weighted by Crippen LogP contribution is -2.25. The van der Waals surface area contributed by atoms with E-state index >= 15 is 0 Å². The number of carboxylic acids is 4. The highest BCUT2D eigenvalue weighted by molar-refractivity contribution is 7.86. The van der Waals surface area contributed by atoms with Crippen molar-refractivity contribution in [3.8, 4) is 0 Å². The van der Waals surface area contributed by atoms with Crippen LogP contribution < -0.4 is 0 Å². The number of aliphatic carboxylic acids is 4. The number of thiol groups is 1. The average Bonchev–Trinajstić information content (AvgIpc) is 2.53. The van der Waals surface area contributed by atoms with Gasteiger partial charge < -0.3 is 20.4 Å². The predicted octanol–water partition coefficient (Wildman–Crippen LogP) is 1.48. The fraction of sp³-hybridized carbons (Fsp3) is 0.750. The molecular weight excluding hydrogens is 432 g/mol. The van der Waals surface area contributed by atoms with Gasteiger partial charge in [-0.2, -0.15) is 21.0 Å². The minimum Gasteiger partial charge on any atom is -0.481 e. The van der Waals surface area contributed by atoms with Crippen molar-refractivity contribution in [1.82, 2.24) is 0 Å². The van der Waals surface area contributed by atoms with Gasteiger partial charge in [-0.1, -0.05) is 6.92 Å². The quantitative estimate of drug-likeness (QED) is 0.171. The van der Waals surface area contributed by atoms with Gasteiger partial charge >= 0.3 is 23.9 Å². The molecule has 0 aliphatic heterocycles. The van der Waals surface area contributed by atoms with Crippen molar-refractivity contribution < 1.29 is 52.6 Å². The van der Waals surface area contributed by atoms with E-state index in [2.05, 4.69) is 12.6 Å². The van der Waals surface area contributed by atoms with E-state index in [4.69, 9.17) is 25.0 Å². The van der Waals surface area contributed by atoms with Crippen LogP contribution in [0, 0.1) is 11.8 Å². The molecule has 13 heteroatoms. The third-order valence-electron chi connectivity index (χ3n) is 3.86. The molecule has 0 aromatic rings. The van der Waals surface area contributed by atoms with Crippen LogP contribution in [0.15, 0.2) is 0 Å². The summed E-state index contributed by atoms with van der Waals surface area (Å²) in [5.74, 6) is -6.00. The zero-order chi connectivity index (χ0) is 23.4. The van der Waals surface area contributed by atoms with Crippen molar-refractivity contribution in [2.24, 2.45) is 11.8 Å². The van der Waals surface area contributed by atoms with Crippen molar-refractivity contribution in [3.63, 3.8) is 0 Å². The Kier molecular flexibility index (Phi) is 14.3. The molecule has 4 atom stereocenters. The van der Waals surface area contributed by atoms with E-state index in [1.54, 1.807) is 6.92 Å². The summed E-state index contributed by atoms with van der Waals surface area (Å²) in [5.41, 5.74) is 0. The lowest BCUT2D eigenvalue weighted by Gasteiger charge is -2.14. The van der Waals surface area contributed by atoms with E-state index in [1.807, 2.05) is 0 Å². The third-order valence-corrected chi connectivity index (χ3v) is 5.28. The van der Waals surface area contributed by atoms with E-state index in [0.717, 1.165) is 0 Å². The molecular formula is C16H28O11S2. The molecule has 0 radical (unpaired) electrons. The first-order chi connectivity index (χ1) is 13.1. The summed E-state index contributed by atoms with van der Waals surface area (Å²) >= 11 is 4.07. The molecule has 0 spiro atoms. The number of rotatable bonds is 13. The van der Waals surface area contributed by atoms with Gasteiger partial charge in [0.25, 0.3) is 10.1 Å².